The first kappa shape index (κ1) is 13.0. The molecule has 18 heavy (non-hydrogen) atoms. The fraction of sp³-hybridized carbons (Fsp3) is 0.417. The smallest absolute Gasteiger partial charge is 0.117 e. The number of alkyl halides is 1. The van der Waals surface area contributed by atoms with E-state index in [1.54, 1.807) is 0 Å². The van der Waals surface area contributed by atoms with Gasteiger partial charge in [0.05, 0.1) is 12.2 Å². The Morgan fingerprint density at radius 3 is 3.06 bits per heavy atom. The van der Waals surface area contributed by atoms with Crippen LogP contribution in [-0.4, -0.2) is 26.8 Å². The molecule has 1 unspecified atom stereocenters. The van der Waals surface area contributed by atoms with Crippen LogP contribution >= 0.6 is 0 Å². The average molecular weight is 269 g/mol. The molecule has 0 aliphatic rings. The van der Waals surface area contributed by atoms with Crippen LogP contribution in [0.3, 0.4) is 0 Å². The van der Waals surface area contributed by atoms with Gasteiger partial charge in [-0.15, -0.1) is 0 Å². The summed E-state index contributed by atoms with van der Waals surface area (Å²) < 4.78 is 26.5. The minimum atomic E-state index is -1.16. The zero-order valence-electron chi connectivity index (χ0n) is 10.2. The maximum Gasteiger partial charge on any atom is 0.117 e. The van der Waals surface area contributed by atoms with Gasteiger partial charge in [0.1, 0.15) is 11.0 Å². The summed E-state index contributed by atoms with van der Waals surface area (Å²) in [5.41, 5.74) is 2.67. The predicted molar refractivity (Wildman–Crippen MR) is 72.7 cm³/mol. The third-order valence-corrected chi connectivity index (χ3v) is 3.81. The SMILES string of the molecule is Cc1[nH]nc2ccc(NS(=O)CCCCF)cc12. The molecule has 1 atom stereocenters. The molecule has 0 radical (unpaired) electrons. The number of H-pyrrole nitrogens is 1. The lowest BCUT2D eigenvalue weighted by Crippen LogP contribution is -2.08. The molecule has 1 aromatic carbocycles. The van der Waals surface area contributed by atoms with E-state index in [0.717, 1.165) is 22.3 Å². The van der Waals surface area contributed by atoms with E-state index in [1.165, 1.54) is 0 Å². The van der Waals surface area contributed by atoms with Crippen molar-refractivity contribution < 1.29 is 8.60 Å². The first-order valence-electron chi connectivity index (χ1n) is 5.86. The Morgan fingerprint density at radius 2 is 2.28 bits per heavy atom. The molecule has 0 aliphatic heterocycles. The minimum Gasteiger partial charge on any atom is -0.305 e. The monoisotopic (exact) mass is 269 g/mol. The highest BCUT2D eigenvalue weighted by molar-refractivity contribution is 7.86. The van der Waals surface area contributed by atoms with Crippen LogP contribution in [0.25, 0.3) is 10.9 Å². The second-order valence-corrected chi connectivity index (χ2v) is 5.43. The summed E-state index contributed by atoms with van der Waals surface area (Å²) in [6, 6.07) is 5.64. The molecule has 1 aromatic heterocycles. The minimum absolute atomic E-state index is 0.350. The Kier molecular flexibility index (Phi) is 4.30. The summed E-state index contributed by atoms with van der Waals surface area (Å²) in [6.45, 7) is 1.59. The average Bonchev–Trinajstić information content (AvgIpc) is 2.71. The van der Waals surface area contributed by atoms with Crippen LogP contribution in [0.15, 0.2) is 18.2 Å². The second-order valence-electron chi connectivity index (χ2n) is 4.13. The van der Waals surface area contributed by atoms with Gasteiger partial charge >= 0.3 is 0 Å². The third kappa shape index (κ3) is 3.07. The lowest BCUT2D eigenvalue weighted by atomic mass is 10.2. The summed E-state index contributed by atoms with van der Waals surface area (Å²) in [5.74, 6) is 0.465. The zero-order valence-corrected chi connectivity index (χ0v) is 11.0. The standard InChI is InChI=1S/C12H16FN3OS/c1-9-11-8-10(4-5-12(11)15-14-9)16-18(17)7-3-2-6-13/h4-5,8,16H,2-3,6-7H2,1H3,(H,14,15). The van der Waals surface area contributed by atoms with E-state index in [9.17, 15) is 8.60 Å². The van der Waals surface area contributed by atoms with Crippen molar-refractivity contribution in [2.75, 3.05) is 17.1 Å². The highest BCUT2D eigenvalue weighted by Gasteiger charge is 2.04. The van der Waals surface area contributed by atoms with Gasteiger partial charge in [0.15, 0.2) is 0 Å². The fourth-order valence-electron chi connectivity index (χ4n) is 1.71. The van der Waals surface area contributed by atoms with Crippen LogP contribution in [0.2, 0.25) is 0 Å². The summed E-state index contributed by atoms with van der Waals surface area (Å²) >= 11 is 0. The van der Waals surface area contributed by atoms with Gasteiger partial charge in [0.2, 0.25) is 0 Å². The van der Waals surface area contributed by atoms with Crippen LogP contribution in [0.1, 0.15) is 18.5 Å². The number of unbranched alkanes of at least 4 members (excludes halogenated alkanes) is 1. The number of nitrogens with one attached hydrogen (secondary N) is 2. The molecule has 2 aromatic rings. The molecule has 2 rings (SSSR count). The number of benzene rings is 1. The van der Waals surface area contributed by atoms with Gasteiger partial charge < -0.3 is 4.72 Å². The summed E-state index contributed by atoms with van der Waals surface area (Å²) in [6.07, 6.45) is 1.09. The Hall–Kier alpha value is -1.43. The van der Waals surface area contributed by atoms with E-state index < -0.39 is 11.0 Å². The summed E-state index contributed by atoms with van der Waals surface area (Å²) in [5, 5.41) is 8.05. The van der Waals surface area contributed by atoms with E-state index >= 15 is 0 Å². The molecular formula is C12H16FN3OS. The van der Waals surface area contributed by atoms with Gasteiger partial charge in [0, 0.05) is 22.5 Å². The number of halogens is 1. The van der Waals surface area contributed by atoms with Crippen LogP contribution in [-0.2, 0) is 11.0 Å². The van der Waals surface area contributed by atoms with Crippen molar-refractivity contribution in [1.29, 1.82) is 0 Å². The van der Waals surface area contributed by atoms with Gasteiger partial charge in [0.25, 0.3) is 0 Å². The van der Waals surface area contributed by atoms with Gasteiger partial charge in [-0.2, -0.15) is 5.10 Å². The predicted octanol–water partition coefficient (Wildman–Crippen LogP) is 2.70. The van der Waals surface area contributed by atoms with Crippen molar-refractivity contribution in [2.45, 2.75) is 19.8 Å². The number of aromatic nitrogens is 2. The molecule has 0 aliphatic carbocycles. The van der Waals surface area contributed by atoms with Crippen LogP contribution < -0.4 is 4.72 Å². The molecular weight excluding hydrogens is 253 g/mol. The van der Waals surface area contributed by atoms with E-state index in [0.29, 0.717) is 18.6 Å². The van der Waals surface area contributed by atoms with Gasteiger partial charge in [-0.1, -0.05) is 0 Å². The molecule has 98 valence electrons. The molecule has 0 bridgehead atoms. The molecule has 4 nitrogen and oxygen atoms in total. The molecule has 0 saturated carbocycles. The highest BCUT2D eigenvalue weighted by atomic mass is 32.2. The fourth-order valence-corrected chi connectivity index (χ4v) is 2.67. The number of rotatable bonds is 6. The Bertz CT molecular complexity index is 555. The van der Waals surface area contributed by atoms with Crippen molar-refractivity contribution >= 4 is 27.6 Å². The third-order valence-electron chi connectivity index (χ3n) is 2.69. The lowest BCUT2D eigenvalue weighted by Gasteiger charge is -2.05. The van der Waals surface area contributed by atoms with Gasteiger partial charge in [-0.3, -0.25) is 9.49 Å². The van der Waals surface area contributed by atoms with Crippen molar-refractivity contribution in [1.82, 2.24) is 10.2 Å². The van der Waals surface area contributed by atoms with Gasteiger partial charge in [-0.25, -0.2) is 4.21 Å². The van der Waals surface area contributed by atoms with E-state index in [1.807, 2.05) is 25.1 Å². The number of aromatic amines is 1. The number of fused-ring (bicyclic) bond motifs is 1. The molecule has 0 saturated heterocycles. The molecule has 0 amide bonds. The van der Waals surface area contributed by atoms with Gasteiger partial charge in [-0.05, 0) is 38.0 Å². The van der Waals surface area contributed by atoms with Crippen LogP contribution in [0.5, 0.6) is 0 Å². The number of hydrogen-bond acceptors (Lipinski definition) is 2. The van der Waals surface area contributed by atoms with Crippen molar-refractivity contribution in [2.24, 2.45) is 0 Å². The number of hydrogen-bond donors (Lipinski definition) is 2. The Balaban J connectivity index is 2.02. The topological polar surface area (TPSA) is 57.8 Å². The number of aryl methyl sites for hydroxylation is 1. The Labute approximate surface area is 108 Å². The number of anilines is 1. The summed E-state index contributed by atoms with van der Waals surface area (Å²) in [4.78, 5) is 0. The lowest BCUT2D eigenvalue weighted by molar-refractivity contribution is 0.469. The largest absolute Gasteiger partial charge is 0.305 e. The normalized spacial score (nSPS) is 12.8. The Morgan fingerprint density at radius 1 is 1.44 bits per heavy atom. The van der Waals surface area contributed by atoms with Crippen molar-refractivity contribution in [3.05, 3.63) is 23.9 Å². The molecule has 2 N–H and O–H groups in total. The zero-order chi connectivity index (χ0) is 13.0. The molecule has 1 heterocycles. The highest BCUT2D eigenvalue weighted by Crippen LogP contribution is 2.20. The van der Waals surface area contributed by atoms with E-state index in [-0.39, 0.29) is 6.67 Å². The maximum absolute atomic E-state index is 11.9. The first-order valence-corrected chi connectivity index (χ1v) is 7.18. The van der Waals surface area contributed by atoms with Crippen molar-refractivity contribution in [3.63, 3.8) is 0 Å². The first-order chi connectivity index (χ1) is 8.70. The summed E-state index contributed by atoms with van der Waals surface area (Å²) in [7, 11) is -1.16. The van der Waals surface area contributed by atoms with E-state index in [4.69, 9.17) is 0 Å². The van der Waals surface area contributed by atoms with Crippen molar-refractivity contribution in [3.8, 4) is 0 Å². The van der Waals surface area contributed by atoms with Crippen LogP contribution in [0.4, 0.5) is 10.1 Å². The maximum atomic E-state index is 11.9. The van der Waals surface area contributed by atoms with Crippen LogP contribution in [0, 0.1) is 6.92 Å². The molecule has 0 fully saturated rings. The second kappa shape index (κ2) is 5.95. The van der Waals surface area contributed by atoms with E-state index in [2.05, 4.69) is 14.9 Å². The quantitative estimate of drug-likeness (QED) is 0.792. The molecule has 6 heteroatoms. The number of nitrogens with zero attached hydrogens (tertiary/aromatic N) is 1. The molecule has 0 spiro atoms.